The molecule has 6 heteroatoms. The molecule has 0 aliphatic carbocycles. The molecule has 14 heavy (non-hydrogen) atoms. The number of anilines is 1. The molecule has 0 amide bonds. The molecule has 0 atom stereocenters. The van der Waals surface area contributed by atoms with Gasteiger partial charge in [0.2, 0.25) is 5.95 Å². The first kappa shape index (κ1) is 9.94. The van der Waals surface area contributed by atoms with Gasteiger partial charge in [0.05, 0.1) is 25.2 Å². The van der Waals surface area contributed by atoms with Gasteiger partial charge in [-0.3, -0.25) is 0 Å². The van der Waals surface area contributed by atoms with Gasteiger partial charge in [0.25, 0.3) is 0 Å². The molecular formula is C8H11ClN3OP. The van der Waals surface area contributed by atoms with Crippen molar-refractivity contribution in [3.8, 4) is 0 Å². The Kier molecular flexibility index (Phi) is 3.04. The number of aromatic nitrogens is 2. The van der Waals surface area contributed by atoms with E-state index in [0.717, 1.165) is 25.4 Å². The maximum absolute atomic E-state index is 11.2. The highest BCUT2D eigenvalue weighted by molar-refractivity contribution is 7.44. The average Bonchev–Trinajstić information content (AvgIpc) is 2.21. The van der Waals surface area contributed by atoms with Crippen molar-refractivity contribution in [2.75, 3.05) is 30.3 Å². The van der Waals surface area contributed by atoms with Crippen molar-refractivity contribution in [3.05, 3.63) is 17.4 Å². The molecule has 1 aliphatic rings. The van der Waals surface area contributed by atoms with E-state index in [1.807, 2.05) is 4.90 Å². The summed E-state index contributed by atoms with van der Waals surface area (Å²) >= 11 is 5.69. The van der Waals surface area contributed by atoms with Crippen molar-refractivity contribution < 1.29 is 4.57 Å². The number of hydrogen-bond acceptors (Lipinski definition) is 4. The molecule has 76 valence electrons. The first-order valence-electron chi connectivity index (χ1n) is 4.50. The highest BCUT2D eigenvalue weighted by Crippen LogP contribution is 2.25. The van der Waals surface area contributed by atoms with E-state index in [9.17, 15) is 4.57 Å². The minimum Gasteiger partial charge on any atom is -0.340 e. The van der Waals surface area contributed by atoms with Gasteiger partial charge in [0, 0.05) is 25.4 Å². The van der Waals surface area contributed by atoms with E-state index >= 15 is 0 Å². The van der Waals surface area contributed by atoms with Crippen LogP contribution in [0.4, 0.5) is 5.95 Å². The zero-order valence-electron chi connectivity index (χ0n) is 7.61. The standard InChI is InChI=1S/C8H11ClN3OP/c9-7-5-10-8(11-6-7)12-1-3-14(13)4-2-12/h5-6,14H,1-4H2. The van der Waals surface area contributed by atoms with Crippen LogP contribution in [0.25, 0.3) is 0 Å². The molecule has 0 N–H and O–H groups in total. The fraction of sp³-hybridized carbons (Fsp3) is 0.500. The van der Waals surface area contributed by atoms with E-state index in [-0.39, 0.29) is 0 Å². The van der Waals surface area contributed by atoms with Crippen LogP contribution >= 0.6 is 19.4 Å². The van der Waals surface area contributed by atoms with Gasteiger partial charge in [-0.2, -0.15) is 0 Å². The Balaban J connectivity index is 2.08. The first-order chi connectivity index (χ1) is 6.75. The molecule has 1 aliphatic heterocycles. The molecule has 1 saturated heterocycles. The van der Waals surface area contributed by atoms with Crippen LogP contribution < -0.4 is 4.90 Å². The second-order valence-electron chi connectivity index (χ2n) is 3.23. The van der Waals surface area contributed by atoms with Crippen molar-refractivity contribution in [1.82, 2.24) is 9.97 Å². The Hall–Kier alpha value is -0.600. The van der Waals surface area contributed by atoms with Gasteiger partial charge in [-0.15, -0.1) is 0 Å². The van der Waals surface area contributed by atoms with E-state index in [1.165, 1.54) is 0 Å². The zero-order chi connectivity index (χ0) is 9.97. The Morgan fingerprint density at radius 3 is 2.43 bits per heavy atom. The van der Waals surface area contributed by atoms with Gasteiger partial charge in [0.1, 0.15) is 0 Å². The maximum Gasteiger partial charge on any atom is 0.225 e. The Morgan fingerprint density at radius 1 is 1.29 bits per heavy atom. The summed E-state index contributed by atoms with van der Waals surface area (Å²) in [4.78, 5) is 10.3. The largest absolute Gasteiger partial charge is 0.340 e. The minimum absolute atomic E-state index is 0.541. The molecule has 1 fully saturated rings. The van der Waals surface area contributed by atoms with E-state index in [4.69, 9.17) is 11.6 Å². The summed E-state index contributed by atoms with van der Waals surface area (Å²) in [5.41, 5.74) is 0. The lowest BCUT2D eigenvalue weighted by molar-refractivity contribution is 0.581. The molecule has 1 aromatic heterocycles. The van der Waals surface area contributed by atoms with Gasteiger partial charge in [-0.25, -0.2) is 9.97 Å². The smallest absolute Gasteiger partial charge is 0.225 e. The molecule has 0 aromatic carbocycles. The summed E-state index contributed by atoms with van der Waals surface area (Å²) in [7, 11) is -1.31. The van der Waals surface area contributed by atoms with E-state index in [2.05, 4.69) is 9.97 Å². The molecule has 0 radical (unpaired) electrons. The summed E-state index contributed by atoms with van der Waals surface area (Å²) in [6.45, 7) is 1.58. The first-order valence-corrected chi connectivity index (χ1v) is 6.70. The Labute approximate surface area is 88.1 Å². The third-order valence-corrected chi connectivity index (χ3v) is 3.97. The lowest BCUT2D eigenvalue weighted by Gasteiger charge is -2.26. The molecule has 0 unspecified atom stereocenters. The van der Waals surface area contributed by atoms with Crippen molar-refractivity contribution in [2.45, 2.75) is 0 Å². The summed E-state index contributed by atoms with van der Waals surface area (Å²) in [6, 6.07) is 0. The Morgan fingerprint density at radius 2 is 1.86 bits per heavy atom. The molecule has 0 spiro atoms. The second kappa shape index (κ2) is 4.28. The molecule has 0 saturated carbocycles. The maximum atomic E-state index is 11.2. The van der Waals surface area contributed by atoms with E-state index in [0.29, 0.717) is 11.0 Å². The van der Waals surface area contributed by atoms with Gasteiger partial charge in [-0.1, -0.05) is 11.6 Å². The van der Waals surface area contributed by atoms with Crippen molar-refractivity contribution in [1.29, 1.82) is 0 Å². The second-order valence-corrected chi connectivity index (χ2v) is 5.74. The van der Waals surface area contributed by atoms with Gasteiger partial charge in [-0.05, 0) is 0 Å². The van der Waals surface area contributed by atoms with Gasteiger partial charge in [0.15, 0.2) is 0 Å². The van der Waals surface area contributed by atoms with E-state index < -0.39 is 7.80 Å². The highest BCUT2D eigenvalue weighted by Gasteiger charge is 2.16. The number of halogens is 1. The van der Waals surface area contributed by atoms with Crippen LogP contribution in [0.1, 0.15) is 0 Å². The number of hydrogen-bond donors (Lipinski definition) is 0. The summed E-state index contributed by atoms with van der Waals surface area (Å²) in [5.74, 6) is 0.684. The summed E-state index contributed by atoms with van der Waals surface area (Å²) in [6.07, 6.45) is 4.72. The van der Waals surface area contributed by atoms with Crippen LogP contribution in [0.15, 0.2) is 12.4 Å². The molecule has 0 bridgehead atoms. The third-order valence-electron chi connectivity index (χ3n) is 2.21. The van der Waals surface area contributed by atoms with Crippen molar-refractivity contribution in [3.63, 3.8) is 0 Å². The molecule has 4 nitrogen and oxygen atoms in total. The normalized spacial score (nSPS) is 18.5. The van der Waals surface area contributed by atoms with Gasteiger partial charge >= 0.3 is 0 Å². The lowest BCUT2D eigenvalue weighted by atomic mass is 10.5. The van der Waals surface area contributed by atoms with Crippen LogP contribution in [-0.4, -0.2) is 35.4 Å². The van der Waals surface area contributed by atoms with Crippen LogP contribution in [-0.2, 0) is 4.57 Å². The molecule has 2 heterocycles. The van der Waals surface area contributed by atoms with Crippen molar-refractivity contribution >= 4 is 25.4 Å². The highest BCUT2D eigenvalue weighted by atomic mass is 35.5. The zero-order valence-corrected chi connectivity index (χ0v) is 9.37. The fourth-order valence-electron chi connectivity index (χ4n) is 1.42. The molecule has 2 rings (SSSR count). The number of rotatable bonds is 1. The summed E-state index contributed by atoms with van der Waals surface area (Å²) in [5, 5.41) is 0.541. The van der Waals surface area contributed by atoms with Crippen molar-refractivity contribution in [2.24, 2.45) is 0 Å². The number of nitrogens with zero attached hydrogens (tertiary/aromatic N) is 3. The third kappa shape index (κ3) is 2.25. The average molecular weight is 232 g/mol. The molecular weight excluding hydrogens is 221 g/mol. The quantitative estimate of drug-likeness (QED) is 0.688. The SMILES string of the molecule is O=[PH]1CCN(c2ncc(Cl)cn2)CC1. The van der Waals surface area contributed by atoms with Gasteiger partial charge < -0.3 is 9.46 Å². The van der Waals surface area contributed by atoms with E-state index in [1.54, 1.807) is 12.4 Å². The van der Waals surface area contributed by atoms with Crippen LogP contribution in [0, 0.1) is 0 Å². The Bertz CT molecular complexity index is 333. The summed E-state index contributed by atoms with van der Waals surface area (Å²) < 4.78 is 11.2. The molecule has 1 aromatic rings. The fourth-order valence-corrected chi connectivity index (χ4v) is 2.81. The van der Waals surface area contributed by atoms with Crippen LogP contribution in [0.5, 0.6) is 0 Å². The predicted octanol–water partition coefficient (Wildman–Crippen LogP) is 1.51. The predicted molar refractivity (Wildman–Crippen MR) is 58.0 cm³/mol. The van der Waals surface area contributed by atoms with Crippen LogP contribution in [0.2, 0.25) is 5.02 Å². The topological polar surface area (TPSA) is 46.1 Å². The van der Waals surface area contributed by atoms with Crippen LogP contribution in [0.3, 0.4) is 0 Å². The monoisotopic (exact) mass is 231 g/mol. The minimum atomic E-state index is -1.31. The lowest BCUT2D eigenvalue weighted by Crippen LogP contribution is -2.33.